The fourth-order valence-electron chi connectivity index (χ4n) is 1.87. The Labute approximate surface area is 133 Å². The molecule has 22 heavy (non-hydrogen) atoms. The number of thiophene rings is 1. The number of carboxylic acids is 1. The predicted molar refractivity (Wildman–Crippen MR) is 86.8 cm³/mol. The number of hydrogen-bond donors (Lipinski definition) is 1. The van der Waals surface area contributed by atoms with E-state index in [0.29, 0.717) is 0 Å². The van der Waals surface area contributed by atoms with Gasteiger partial charge in [-0.1, -0.05) is 5.92 Å². The number of aromatic carboxylic acids is 1. The molecule has 0 amide bonds. The van der Waals surface area contributed by atoms with Crippen LogP contribution in [0.1, 0.15) is 25.7 Å². The van der Waals surface area contributed by atoms with E-state index in [1.54, 1.807) is 35.6 Å². The Morgan fingerprint density at radius 2 is 1.82 bits per heavy atom. The third-order valence-electron chi connectivity index (χ3n) is 3.17. The maximum atomic E-state index is 10.7. The summed E-state index contributed by atoms with van der Waals surface area (Å²) in [5.74, 6) is 10.7. The lowest BCUT2D eigenvalue weighted by molar-refractivity contribution is 0.0697. The number of hydrogen-bond acceptors (Lipinski definition) is 3. The van der Waals surface area contributed by atoms with E-state index < -0.39 is 5.97 Å². The van der Waals surface area contributed by atoms with Crippen LogP contribution in [0.2, 0.25) is 0 Å². The van der Waals surface area contributed by atoms with Gasteiger partial charge >= 0.3 is 5.97 Å². The van der Waals surface area contributed by atoms with Crippen LogP contribution in [-0.4, -0.2) is 29.1 Å². The van der Waals surface area contributed by atoms with E-state index in [0.717, 1.165) is 17.0 Å². The Bertz CT molecular complexity index is 808. The molecule has 0 saturated carbocycles. The molecule has 1 aliphatic rings. The number of rotatable bonds is 3. The van der Waals surface area contributed by atoms with Crippen molar-refractivity contribution < 1.29 is 9.90 Å². The van der Waals surface area contributed by atoms with E-state index in [9.17, 15) is 4.79 Å². The molecule has 0 atom stereocenters. The second-order valence-corrected chi connectivity index (χ2v) is 6.09. The number of nitrogens with zero attached hydrogens (tertiary/aromatic N) is 1. The largest absolute Gasteiger partial charge is 0.478 e. The second kappa shape index (κ2) is 6.49. The molecule has 1 aromatic carbocycles. The highest BCUT2D eigenvalue weighted by atomic mass is 32.1. The van der Waals surface area contributed by atoms with Gasteiger partial charge in [0.2, 0.25) is 0 Å². The van der Waals surface area contributed by atoms with E-state index in [1.807, 2.05) is 6.07 Å². The van der Waals surface area contributed by atoms with E-state index >= 15 is 0 Å². The highest BCUT2D eigenvalue weighted by Crippen LogP contribution is 2.20. The molecule has 0 unspecified atom stereocenters. The van der Waals surface area contributed by atoms with Crippen LogP contribution in [0.25, 0.3) is 0 Å². The normalized spacial score (nSPS) is 12.7. The van der Waals surface area contributed by atoms with Crippen LogP contribution in [0.3, 0.4) is 0 Å². The molecular formula is C18H13NO2S. The smallest absolute Gasteiger partial charge is 0.335 e. The SMILES string of the molecule is O=C(O)c1ccc(C#CC#Cc2ccc(CN3CC3)s2)cc1. The molecular weight excluding hydrogens is 294 g/mol. The maximum absolute atomic E-state index is 10.7. The number of carbonyl (C=O) groups is 1. The van der Waals surface area contributed by atoms with E-state index in [1.165, 1.54) is 18.0 Å². The van der Waals surface area contributed by atoms with E-state index in [4.69, 9.17) is 5.11 Å². The fourth-order valence-corrected chi connectivity index (χ4v) is 2.78. The Kier molecular flexibility index (Phi) is 4.25. The molecule has 0 spiro atoms. The van der Waals surface area contributed by atoms with Crippen LogP contribution >= 0.6 is 11.3 Å². The minimum absolute atomic E-state index is 0.258. The van der Waals surface area contributed by atoms with Crippen molar-refractivity contribution in [3.63, 3.8) is 0 Å². The van der Waals surface area contributed by atoms with Gasteiger partial charge in [-0.2, -0.15) is 0 Å². The number of carboxylic acid groups (broad SMARTS) is 1. The lowest BCUT2D eigenvalue weighted by atomic mass is 10.1. The van der Waals surface area contributed by atoms with Gasteiger partial charge in [-0.15, -0.1) is 11.3 Å². The molecule has 2 aromatic rings. The molecule has 3 rings (SSSR count). The van der Waals surface area contributed by atoms with Crippen LogP contribution in [0.5, 0.6) is 0 Å². The molecule has 0 radical (unpaired) electrons. The summed E-state index contributed by atoms with van der Waals surface area (Å²) >= 11 is 1.70. The first-order valence-electron chi connectivity index (χ1n) is 6.87. The molecule has 0 aliphatic carbocycles. The molecule has 3 nitrogen and oxygen atoms in total. The highest BCUT2D eigenvalue weighted by molar-refractivity contribution is 7.12. The van der Waals surface area contributed by atoms with Crippen LogP contribution < -0.4 is 0 Å². The zero-order valence-electron chi connectivity index (χ0n) is 11.8. The van der Waals surface area contributed by atoms with Crippen molar-refractivity contribution >= 4 is 17.3 Å². The summed E-state index contributed by atoms with van der Waals surface area (Å²) < 4.78 is 0. The summed E-state index contributed by atoms with van der Waals surface area (Å²) in [6.45, 7) is 3.42. The van der Waals surface area contributed by atoms with Crippen molar-refractivity contribution in [2.45, 2.75) is 6.54 Å². The summed E-state index contributed by atoms with van der Waals surface area (Å²) in [6.07, 6.45) is 0. The first-order valence-corrected chi connectivity index (χ1v) is 7.69. The molecule has 1 aliphatic heterocycles. The number of benzene rings is 1. The lowest BCUT2D eigenvalue weighted by Gasteiger charge is -1.93. The van der Waals surface area contributed by atoms with Crippen molar-refractivity contribution in [1.29, 1.82) is 0 Å². The van der Waals surface area contributed by atoms with E-state index in [-0.39, 0.29) is 5.56 Å². The Morgan fingerprint density at radius 3 is 2.50 bits per heavy atom. The lowest BCUT2D eigenvalue weighted by Crippen LogP contribution is -1.94. The maximum Gasteiger partial charge on any atom is 0.335 e. The summed E-state index contributed by atoms with van der Waals surface area (Å²) in [7, 11) is 0. The molecule has 2 heterocycles. The average Bonchev–Trinajstić information content (AvgIpc) is 3.21. The van der Waals surface area contributed by atoms with Gasteiger partial charge in [-0.3, -0.25) is 4.90 Å². The minimum Gasteiger partial charge on any atom is -0.478 e. The molecule has 1 aromatic heterocycles. The van der Waals surface area contributed by atoms with Gasteiger partial charge in [-0.05, 0) is 54.2 Å². The van der Waals surface area contributed by atoms with Gasteiger partial charge in [0.1, 0.15) is 0 Å². The quantitative estimate of drug-likeness (QED) is 0.700. The molecule has 1 saturated heterocycles. The first-order chi connectivity index (χ1) is 10.7. The summed E-state index contributed by atoms with van der Waals surface area (Å²) in [4.78, 5) is 15.5. The Morgan fingerprint density at radius 1 is 1.09 bits per heavy atom. The van der Waals surface area contributed by atoms with Crippen LogP contribution in [0, 0.1) is 23.7 Å². The second-order valence-electron chi connectivity index (χ2n) is 4.92. The van der Waals surface area contributed by atoms with Gasteiger partial charge in [0.25, 0.3) is 0 Å². The average molecular weight is 307 g/mol. The summed E-state index contributed by atoms with van der Waals surface area (Å²) in [5, 5.41) is 8.82. The van der Waals surface area contributed by atoms with Crippen molar-refractivity contribution in [2.75, 3.05) is 13.1 Å². The molecule has 4 heteroatoms. The Balaban J connectivity index is 1.62. The van der Waals surface area contributed by atoms with Crippen LogP contribution in [-0.2, 0) is 6.54 Å². The van der Waals surface area contributed by atoms with Gasteiger partial charge in [-0.25, -0.2) is 4.79 Å². The molecule has 0 bridgehead atoms. The Hall–Kier alpha value is -2.53. The zero-order valence-corrected chi connectivity index (χ0v) is 12.6. The predicted octanol–water partition coefficient (Wildman–Crippen LogP) is 2.67. The first kappa shape index (κ1) is 14.4. The fraction of sp³-hybridized carbons (Fsp3) is 0.167. The summed E-state index contributed by atoms with van der Waals surface area (Å²) in [5.41, 5.74) is 1.02. The van der Waals surface area contributed by atoms with Crippen molar-refractivity contribution in [2.24, 2.45) is 0 Å². The third kappa shape index (κ3) is 3.99. The monoisotopic (exact) mass is 307 g/mol. The van der Waals surface area contributed by atoms with Crippen molar-refractivity contribution in [1.82, 2.24) is 4.90 Å². The zero-order chi connectivity index (χ0) is 15.4. The van der Waals surface area contributed by atoms with Gasteiger partial charge in [0.05, 0.1) is 10.4 Å². The molecule has 1 fully saturated rings. The van der Waals surface area contributed by atoms with Crippen LogP contribution in [0.15, 0.2) is 36.4 Å². The third-order valence-corrected chi connectivity index (χ3v) is 4.15. The van der Waals surface area contributed by atoms with E-state index in [2.05, 4.69) is 34.6 Å². The van der Waals surface area contributed by atoms with Gasteiger partial charge in [0, 0.05) is 30.1 Å². The molecule has 1 N–H and O–H groups in total. The summed E-state index contributed by atoms with van der Waals surface area (Å²) in [6, 6.07) is 10.6. The standard InChI is InChI=1S/C18H13NO2S/c20-18(21)15-7-5-14(6-8-15)3-1-2-4-16-9-10-17(22-16)13-19-11-12-19/h5-10H,11-13H2,(H,20,21). The van der Waals surface area contributed by atoms with Gasteiger partial charge < -0.3 is 5.11 Å². The van der Waals surface area contributed by atoms with Crippen LogP contribution in [0.4, 0.5) is 0 Å². The van der Waals surface area contributed by atoms with Gasteiger partial charge in [0.15, 0.2) is 0 Å². The molecule has 108 valence electrons. The highest BCUT2D eigenvalue weighted by Gasteiger charge is 2.17. The van der Waals surface area contributed by atoms with Crippen molar-refractivity contribution in [3.8, 4) is 23.7 Å². The van der Waals surface area contributed by atoms with Crippen molar-refractivity contribution in [3.05, 3.63) is 57.3 Å². The topological polar surface area (TPSA) is 40.3 Å². The minimum atomic E-state index is -0.935.